The first kappa shape index (κ1) is 19.5. The van der Waals surface area contributed by atoms with Crippen molar-refractivity contribution >= 4 is 35.0 Å². The third-order valence-corrected chi connectivity index (χ3v) is 3.97. The van der Waals surface area contributed by atoms with E-state index in [-0.39, 0.29) is 5.69 Å². The molecule has 0 unspecified atom stereocenters. The zero-order chi connectivity index (χ0) is 19.2. The fourth-order valence-corrected chi connectivity index (χ4v) is 2.64. The predicted octanol–water partition coefficient (Wildman–Crippen LogP) is 4.15. The van der Waals surface area contributed by atoms with Crippen LogP contribution in [0.15, 0.2) is 41.8 Å². The number of alkyl halides is 3. The van der Waals surface area contributed by atoms with Crippen molar-refractivity contribution in [3.63, 3.8) is 0 Å². The van der Waals surface area contributed by atoms with E-state index in [0.29, 0.717) is 0 Å². The summed E-state index contributed by atoms with van der Waals surface area (Å²) in [5, 5.41) is 4.28. The number of benzene rings is 1. The van der Waals surface area contributed by atoms with Gasteiger partial charge in [-0.3, -0.25) is 4.79 Å². The quantitative estimate of drug-likeness (QED) is 0.599. The van der Waals surface area contributed by atoms with Crippen LogP contribution < -0.4 is 10.1 Å². The Morgan fingerprint density at radius 3 is 2.46 bits per heavy atom. The maximum absolute atomic E-state index is 12.1. The third-order valence-electron chi connectivity index (χ3n) is 2.99. The zero-order valence-corrected chi connectivity index (χ0v) is 14.3. The second-order valence-electron chi connectivity index (χ2n) is 5.03. The summed E-state index contributed by atoms with van der Waals surface area (Å²) in [6.07, 6.45) is -1.97. The SMILES string of the molecule is Cc1ccsc1/C=C/C(=O)OCC(=O)Nc1ccc(OC(F)(F)F)cc1. The molecular formula is C17H14F3NO4S. The Bertz CT molecular complexity index is 797. The van der Waals surface area contributed by atoms with Crippen molar-refractivity contribution in [2.45, 2.75) is 13.3 Å². The van der Waals surface area contributed by atoms with Gasteiger partial charge in [0.2, 0.25) is 0 Å². The molecule has 1 heterocycles. The summed E-state index contributed by atoms with van der Waals surface area (Å²) in [6, 6.07) is 6.50. The highest BCUT2D eigenvalue weighted by Gasteiger charge is 2.30. The number of carbonyl (C=O) groups is 2. The number of thiophene rings is 1. The number of nitrogens with one attached hydrogen (secondary N) is 1. The molecule has 0 aliphatic rings. The van der Waals surface area contributed by atoms with E-state index in [9.17, 15) is 22.8 Å². The second kappa shape index (κ2) is 8.52. The number of rotatable bonds is 6. The van der Waals surface area contributed by atoms with Crippen molar-refractivity contribution in [1.29, 1.82) is 0 Å². The summed E-state index contributed by atoms with van der Waals surface area (Å²) in [5.41, 5.74) is 1.26. The van der Waals surface area contributed by atoms with Gasteiger partial charge < -0.3 is 14.8 Å². The number of amides is 1. The minimum absolute atomic E-state index is 0.241. The summed E-state index contributed by atoms with van der Waals surface area (Å²) < 4.78 is 44.7. The monoisotopic (exact) mass is 385 g/mol. The van der Waals surface area contributed by atoms with Crippen LogP contribution >= 0.6 is 11.3 Å². The average molecular weight is 385 g/mol. The molecule has 0 spiro atoms. The highest BCUT2D eigenvalue weighted by molar-refractivity contribution is 7.11. The number of hydrogen-bond donors (Lipinski definition) is 1. The molecule has 0 aliphatic carbocycles. The molecule has 5 nitrogen and oxygen atoms in total. The number of aryl methyl sites for hydroxylation is 1. The smallest absolute Gasteiger partial charge is 0.452 e. The lowest BCUT2D eigenvalue weighted by Gasteiger charge is -2.10. The Labute approximate surface area is 151 Å². The molecule has 0 aliphatic heterocycles. The van der Waals surface area contributed by atoms with Gasteiger partial charge in [0.15, 0.2) is 6.61 Å². The molecule has 0 saturated carbocycles. The molecule has 0 radical (unpaired) electrons. The first-order chi connectivity index (χ1) is 12.2. The van der Waals surface area contributed by atoms with Crippen molar-refractivity contribution < 1.29 is 32.2 Å². The summed E-state index contributed by atoms with van der Waals surface area (Å²) in [7, 11) is 0. The fourth-order valence-electron chi connectivity index (χ4n) is 1.82. The number of esters is 1. The van der Waals surface area contributed by atoms with E-state index in [1.165, 1.54) is 29.5 Å². The van der Waals surface area contributed by atoms with Gasteiger partial charge in [-0.15, -0.1) is 24.5 Å². The summed E-state index contributed by atoms with van der Waals surface area (Å²) in [5.74, 6) is -1.71. The molecule has 2 rings (SSSR count). The Hall–Kier alpha value is -2.81. The van der Waals surface area contributed by atoms with Crippen molar-refractivity contribution in [2.75, 3.05) is 11.9 Å². The molecule has 0 saturated heterocycles. The van der Waals surface area contributed by atoms with E-state index < -0.39 is 30.6 Å². The van der Waals surface area contributed by atoms with Gasteiger partial charge in [0, 0.05) is 16.6 Å². The average Bonchev–Trinajstić information content (AvgIpc) is 2.96. The van der Waals surface area contributed by atoms with E-state index in [4.69, 9.17) is 4.74 Å². The van der Waals surface area contributed by atoms with Gasteiger partial charge in [0.05, 0.1) is 0 Å². The molecule has 0 fully saturated rings. The predicted molar refractivity (Wildman–Crippen MR) is 90.8 cm³/mol. The van der Waals surface area contributed by atoms with Gasteiger partial charge in [-0.1, -0.05) is 0 Å². The maximum atomic E-state index is 12.1. The van der Waals surface area contributed by atoms with Gasteiger partial charge in [0.1, 0.15) is 5.75 Å². The molecule has 1 aromatic heterocycles. The molecule has 1 N–H and O–H groups in total. The van der Waals surface area contributed by atoms with E-state index in [1.807, 2.05) is 18.4 Å². The lowest BCUT2D eigenvalue weighted by Crippen LogP contribution is -2.20. The molecule has 9 heteroatoms. The van der Waals surface area contributed by atoms with Crippen molar-refractivity contribution in [3.8, 4) is 5.75 Å². The van der Waals surface area contributed by atoms with Crippen LogP contribution in [0, 0.1) is 6.92 Å². The second-order valence-corrected chi connectivity index (χ2v) is 5.98. The maximum Gasteiger partial charge on any atom is 0.573 e. The summed E-state index contributed by atoms with van der Waals surface area (Å²) >= 11 is 1.47. The van der Waals surface area contributed by atoms with Crippen LogP contribution in [0.2, 0.25) is 0 Å². The molecule has 0 atom stereocenters. The first-order valence-corrected chi connectivity index (χ1v) is 8.15. The van der Waals surface area contributed by atoms with E-state index >= 15 is 0 Å². The lowest BCUT2D eigenvalue weighted by molar-refractivity contribution is -0.274. The number of anilines is 1. The molecule has 0 bridgehead atoms. The van der Waals surface area contributed by atoms with Crippen LogP contribution in [0.25, 0.3) is 6.08 Å². The van der Waals surface area contributed by atoms with Crippen LogP contribution in [0.5, 0.6) is 5.75 Å². The normalized spacial score (nSPS) is 11.4. The molecule has 1 aromatic carbocycles. The van der Waals surface area contributed by atoms with Crippen molar-refractivity contribution in [2.24, 2.45) is 0 Å². The molecular weight excluding hydrogens is 371 g/mol. The molecule has 138 valence electrons. The van der Waals surface area contributed by atoms with Crippen LogP contribution in [0.3, 0.4) is 0 Å². The molecule has 26 heavy (non-hydrogen) atoms. The van der Waals surface area contributed by atoms with E-state index in [0.717, 1.165) is 22.6 Å². The minimum Gasteiger partial charge on any atom is -0.452 e. The topological polar surface area (TPSA) is 64.6 Å². The standard InChI is InChI=1S/C17H14F3NO4S/c1-11-8-9-26-14(11)6-7-16(23)24-10-15(22)21-12-2-4-13(5-3-12)25-17(18,19)20/h2-9H,10H2,1H3,(H,21,22)/b7-6+. The highest BCUT2D eigenvalue weighted by Crippen LogP contribution is 2.23. The summed E-state index contributed by atoms with van der Waals surface area (Å²) in [6.45, 7) is 1.38. The third kappa shape index (κ3) is 6.60. The fraction of sp³-hybridized carbons (Fsp3) is 0.176. The van der Waals surface area contributed by atoms with Gasteiger partial charge in [-0.2, -0.15) is 0 Å². The number of halogens is 3. The first-order valence-electron chi connectivity index (χ1n) is 7.27. The van der Waals surface area contributed by atoms with Crippen LogP contribution in [-0.4, -0.2) is 24.8 Å². The van der Waals surface area contributed by atoms with E-state index in [2.05, 4.69) is 10.1 Å². The van der Waals surface area contributed by atoms with Crippen molar-refractivity contribution in [1.82, 2.24) is 0 Å². The zero-order valence-electron chi connectivity index (χ0n) is 13.5. The Morgan fingerprint density at radius 1 is 1.19 bits per heavy atom. The lowest BCUT2D eigenvalue weighted by atomic mass is 10.3. The molecule has 2 aromatic rings. The van der Waals surface area contributed by atoms with Gasteiger partial charge in [0.25, 0.3) is 5.91 Å². The van der Waals surface area contributed by atoms with Crippen LogP contribution in [0.4, 0.5) is 18.9 Å². The Balaban J connectivity index is 1.78. The Kier molecular flexibility index (Phi) is 6.40. The highest BCUT2D eigenvalue weighted by atomic mass is 32.1. The van der Waals surface area contributed by atoms with Gasteiger partial charge in [-0.05, 0) is 54.3 Å². The van der Waals surface area contributed by atoms with Gasteiger partial charge >= 0.3 is 12.3 Å². The summed E-state index contributed by atoms with van der Waals surface area (Å²) in [4.78, 5) is 24.2. The van der Waals surface area contributed by atoms with Crippen molar-refractivity contribution in [3.05, 3.63) is 52.2 Å². The largest absolute Gasteiger partial charge is 0.573 e. The van der Waals surface area contributed by atoms with Crippen LogP contribution in [-0.2, 0) is 14.3 Å². The molecule has 1 amide bonds. The number of carbonyl (C=O) groups excluding carboxylic acids is 2. The minimum atomic E-state index is -4.78. The number of ether oxygens (including phenoxy) is 2. The van der Waals surface area contributed by atoms with Crippen LogP contribution in [0.1, 0.15) is 10.4 Å². The van der Waals surface area contributed by atoms with E-state index in [1.54, 1.807) is 6.08 Å². The Morgan fingerprint density at radius 2 is 1.88 bits per heavy atom. The number of hydrogen-bond acceptors (Lipinski definition) is 5. The van der Waals surface area contributed by atoms with Gasteiger partial charge in [-0.25, -0.2) is 4.79 Å².